The SMILES string of the molecule is CC(C)(C)OC(=O)N1CCC[C@H]1C(=O)NCc1ccc(-n2ccnc2)nc1. The van der Waals surface area contributed by atoms with Crippen molar-refractivity contribution in [2.45, 2.75) is 51.8 Å². The Morgan fingerprint density at radius 3 is 2.78 bits per heavy atom. The van der Waals surface area contributed by atoms with Gasteiger partial charge in [0.2, 0.25) is 5.91 Å². The number of carbonyl (C=O) groups is 2. The van der Waals surface area contributed by atoms with Gasteiger partial charge in [0.25, 0.3) is 0 Å². The lowest BCUT2D eigenvalue weighted by Gasteiger charge is -2.28. The zero-order valence-electron chi connectivity index (χ0n) is 15.9. The number of nitrogens with one attached hydrogen (secondary N) is 1. The fourth-order valence-electron chi connectivity index (χ4n) is 2.95. The topological polar surface area (TPSA) is 89.4 Å². The minimum absolute atomic E-state index is 0.169. The van der Waals surface area contributed by atoms with Crippen molar-refractivity contribution in [3.05, 3.63) is 42.6 Å². The second-order valence-electron chi connectivity index (χ2n) is 7.54. The molecular weight excluding hydrogens is 346 g/mol. The van der Waals surface area contributed by atoms with Gasteiger partial charge in [-0.3, -0.25) is 14.3 Å². The molecule has 0 aromatic carbocycles. The Labute approximate surface area is 158 Å². The molecule has 3 heterocycles. The predicted octanol–water partition coefficient (Wildman–Crippen LogP) is 2.28. The molecule has 1 N–H and O–H groups in total. The second-order valence-corrected chi connectivity index (χ2v) is 7.54. The molecule has 0 unspecified atom stereocenters. The zero-order valence-corrected chi connectivity index (χ0v) is 15.9. The van der Waals surface area contributed by atoms with E-state index in [0.29, 0.717) is 19.5 Å². The van der Waals surface area contributed by atoms with Crippen LogP contribution < -0.4 is 5.32 Å². The first-order valence-corrected chi connectivity index (χ1v) is 9.04. The maximum Gasteiger partial charge on any atom is 0.410 e. The molecule has 2 amide bonds. The highest BCUT2D eigenvalue weighted by Crippen LogP contribution is 2.21. The van der Waals surface area contributed by atoms with Crippen molar-refractivity contribution in [3.63, 3.8) is 0 Å². The third-order valence-electron chi connectivity index (χ3n) is 4.23. The highest BCUT2D eigenvalue weighted by molar-refractivity contribution is 5.86. The van der Waals surface area contributed by atoms with E-state index in [1.54, 1.807) is 23.3 Å². The molecule has 2 aromatic rings. The van der Waals surface area contributed by atoms with Crippen LogP contribution in [0.2, 0.25) is 0 Å². The van der Waals surface area contributed by atoms with E-state index in [1.807, 2.05) is 39.1 Å². The third-order valence-corrected chi connectivity index (χ3v) is 4.23. The van der Waals surface area contributed by atoms with Crippen LogP contribution in [0.25, 0.3) is 5.82 Å². The molecule has 2 aromatic heterocycles. The minimum atomic E-state index is -0.580. The van der Waals surface area contributed by atoms with E-state index in [9.17, 15) is 9.59 Å². The third kappa shape index (κ3) is 4.84. The number of ether oxygens (including phenoxy) is 1. The van der Waals surface area contributed by atoms with Gasteiger partial charge in [0.15, 0.2) is 0 Å². The molecule has 0 spiro atoms. The van der Waals surface area contributed by atoms with Crippen molar-refractivity contribution in [1.29, 1.82) is 0 Å². The molecule has 1 saturated heterocycles. The Bertz CT molecular complexity index is 781. The van der Waals surface area contributed by atoms with Crippen LogP contribution in [0.15, 0.2) is 37.1 Å². The van der Waals surface area contributed by atoms with Gasteiger partial charge < -0.3 is 10.1 Å². The van der Waals surface area contributed by atoms with E-state index in [0.717, 1.165) is 17.8 Å². The molecule has 1 aliphatic heterocycles. The fraction of sp³-hybridized carbons (Fsp3) is 0.474. The average Bonchev–Trinajstić information content (AvgIpc) is 3.30. The Kier molecular flexibility index (Phi) is 5.43. The van der Waals surface area contributed by atoms with Crippen molar-refractivity contribution in [3.8, 4) is 5.82 Å². The number of carbonyl (C=O) groups excluding carboxylic acids is 2. The first-order chi connectivity index (χ1) is 12.8. The summed E-state index contributed by atoms with van der Waals surface area (Å²) < 4.78 is 7.21. The van der Waals surface area contributed by atoms with Gasteiger partial charge in [0, 0.05) is 31.7 Å². The number of nitrogens with zero attached hydrogens (tertiary/aromatic N) is 4. The molecule has 0 radical (unpaired) electrons. The van der Waals surface area contributed by atoms with E-state index in [4.69, 9.17) is 4.74 Å². The summed E-state index contributed by atoms with van der Waals surface area (Å²) in [5, 5.41) is 2.90. The van der Waals surface area contributed by atoms with E-state index in [-0.39, 0.29) is 5.91 Å². The maximum absolute atomic E-state index is 12.6. The van der Waals surface area contributed by atoms with Gasteiger partial charge in [-0.25, -0.2) is 14.8 Å². The lowest BCUT2D eigenvalue weighted by atomic mass is 10.2. The minimum Gasteiger partial charge on any atom is -0.444 e. The number of imidazole rings is 1. The highest BCUT2D eigenvalue weighted by Gasteiger charge is 2.36. The van der Waals surface area contributed by atoms with Crippen LogP contribution in [0.3, 0.4) is 0 Å². The first-order valence-electron chi connectivity index (χ1n) is 9.04. The van der Waals surface area contributed by atoms with Gasteiger partial charge in [-0.1, -0.05) is 6.07 Å². The lowest BCUT2D eigenvalue weighted by Crippen LogP contribution is -2.47. The van der Waals surface area contributed by atoms with Gasteiger partial charge in [-0.2, -0.15) is 0 Å². The molecule has 3 rings (SSSR count). The number of likely N-dealkylation sites (tertiary alicyclic amines) is 1. The molecule has 0 saturated carbocycles. The second kappa shape index (κ2) is 7.77. The summed E-state index contributed by atoms with van der Waals surface area (Å²) in [6, 6.07) is 3.28. The van der Waals surface area contributed by atoms with Crippen molar-refractivity contribution < 1.29 is 14.3 Å². The number of hydrogen-bond donors (Lipinski definition) is 1. The largest absolute Gasteiger partial charge is 0.444 e. The molecule has 1 fully saturated rings. The van der Waals surface area contributed by atoms with E-state index in [2.05, 4.69) is 15.3 Å². The van der Waals surface area contributed by atoms with Crippen LogP contribution in [-0.2, 0) is 16.1 Å². The van der Waals surface area contributed by atoms with Crippen LogP contribution >= 0.6 is 0 Å². The van der Waals surface area contributed by atoms with Gasteiger partial charge in [0.1, 0.15) is 23.8 Å². The van der Waals surface area contributed by atoms with Crippen LogP contribution in [-0.4, -0.2) is 49.6 Å². The lowest BCUT2D eigenvalue weighted by molar-refractivity contribution is -0.125. The van der Waals surface area contributed by atoms with Crippen LogP contribution in [0, 0.1) is 0 Å². The molecular formula is C19H25N5O3. The molecule has 1 atom stereocenters. The van der Waals surface area contributed by atoms with Crippen LogP contribution in [0.4, 0.5) is 4.79 Å². The van der Waals surface area contributed by atoms with Gasteiger partial charge in [-0.15, -0.1) is 0 Å². The molecule has 0 aliphatic carbocycles. The maximum atomic E-state index is 12.6. The average molecular weight is 371 g/mol. The smallest absolute Gasteiger partial charge is 0.410 e. The van der Waals surface area contributed by atoms with E-state index in [1.165, 1.54) is 4.90 Å². The van der Waals surface area contributed by atoms with Crippen molar-refractivity contribution >= 4 is 12.0 Å². The fourth-order valence-corrected chi connectivity index (χ4v) is 2.95. The number of hydrogen-bond acceptors (Lipinski definition) is 5. The molecule has 1 aliphatic rings. The summed E-state index contributed by atoms with van der Waals surface area (Å²) in [6.07, 6.45) is 7.89. The summed E-state index contributed by atoms with van der Waals surface area (Å²) in [5.74, 6) is 0.589. The Hall–Kier alpha value is -2.90. The Morgan fingerprint density at radius 2 is 2.15 bits per heavy atom. The first kappa shape index (κ1) is 18.9. The molecule has 8 nitrogen and oxygen atoms in total. The summed E-state index contributed by atoms with van der Waals surface area (Å²) in [7, 11) is 0. The van der Waals surface area contributed by atoms with E-state index >= 15 is 0 Å². The Morgan fingerprint density at radius 1 is 1.33 bits per heavy atom. The zero-order chi connectivity index (χ0) is 19.4. The Balaban J connectivity index is 1.56. The normalized spacial score (nSPS) is 17.0. The van der Waals surface area contributed by atoms with Crippen LogP contribution in [0.5, 0.6) is 0 Å². The quantitative estimate of drug-likeness (QED) is 0.891. The van der Waals surface area contributed by atoms with Crippen molar-refractivity contribution in [2.24, 2.45) is 0 Å². The van der Waals surface area contributed by atoms with E-state index < -0.39 is 17.7 Å². The van der Waals surface area contributed by atoms with Crippen molar-refractivity contribution in [1.82, 2.24) is 24.8 Å². The van der Waals surface area contributed by atoms with Gasteiger partial charge >= 0.3 is 6.09 Å². The monoisotopic (exact) mass is 371 g/mol. The summed E-state index contributed by atoms with van der Waals surface area (Å²) >= 11 is 0. The number of rotatable bonds is 4. The molecule has 27 heavy (non-hydrogen) atoms. The summed E-state index contributed by atoms with van der Waals surface area (Å²) in [4.78, 5) is 34.7. The molecule has 8 heteroatoms. The number of pyridine rings is 1. The van der Waals surface area contributed by atoms with Crippen molar-refractivity contribution in [2.75, 3.05) is 6.54 Å². The van der Waals surface area contributed by atoms with Gasteiger partial charge in [0.05, 0.1) is 0 Å². The number of amides is 2. The summed E-state index contributed by atoms with van der Waals surface area (Å²) in [6.45, 7) is 6.34. The standard InChI is InChI=1S/C19H25N5O3/c1-19(2,3)27-18(26)24-9-4-5-15(24)17(25)22-12-14-6-7-16(21-11-14)23-10-8-20-13-23/h6-8,10-11,13,15H,4-5,9,12H2,1-3H3,(H,22,25)/t15-/m0/s1. The molecule has 0 bridgehead atoms. The van der Waals surface area contributed by atoms with Gasteiger partial charge in [-0.05, 0) is 45.2 Å². The molecule has 144 valence electrons. The summed E-state index contributed by atoms with van der Waals surface area (Å²) in [5.41, 5.74) is 0.303. The predicted molar refractivity (Wildman–Crippen MR) is 99.2 cm³/mol. The van der Waals surface area contributed by atoms with Crippen LogP contribution in [0.1, 0.15) is 39.2 Å². The highest BCUT2D eigenvalue weighted by atomic mass is 16.6. The number of aromatic nitrogens is 3.